The van der Waals surface area contributed by atoms with Gasteiger partial charge in [-0.25, -0.2) is 9.97 Å². The van der Waals surface area contributed by atoms with Gasteiger partial charge in [-0.2, -0.15) is 16.9 Å². The van der Waals surface area contributed by atoms with Crippen LogP contribution in [0.2, 0.25) is 5.02 Å². The topological polar surface area (TPSA) is 81.5 Å². The standard InChI is InChI=1S/C25H23ClN6OS/c1-15-29-19-3-2-18(10-21(19)30-15)33-23-5-4-20-25(24(23)26)31-22(12-27-20)17-11-28-32(14-17)13-16-6-8-34-9-7-16/h2-5,10-12,14,16H,6-9,13H2,1H3,(H,29,30). The Bertz CT molecular complexity index is 1490. The number of nitrogens with zero attached hydrogens (tertiary/aromatic N) is 5. The predicted molar refractivity (Wildman–Crippen MR) is 137 cm³/mol. The monoisotopic (exact) mass is 490 g/mol. The molecule has 1 fully saturated rings. The van der Waals surface area contributed by atoms with Crippen LogP contribution in [0.4, 0.5) is 0 Å². The highest BCUT2D eigenvalue weighted by Crippen LogP contribution is 2.35. The van der Waals surface area contributed by atoms with Gasteiger partial charge in [-0.1, -0.05) is 11.6 Å². The van der Waals surface area contributed by atoms with E-state index >= 15 is 0 Å². The Morgan fingerprint density at radius 3 is 2.85 bits per heavy atom. The lowest BCUT2D eigenvalue weighted by Gasteiger charge is -2.20. The first kappa shape index (κ1) is 21.4. The number of benzene rings is 2. The molecule has 3 aromatic heterocycles. The molecule has 0 bridgehead atoms. The van der Waals surface area contributed by atoms with E-state index in [4.69, 9.17) is 21.3 Å². The van der Waals surface area contributed by atoms with Gasteiger partial charge < -0.3 is 9.72 Å². The summed E-state index contributed by atoms with van der Waals surface area (Å²) >= 11 is 8.78. The molecule has 172 valence electrons. The third-order valence-electron chi connectivity index (χ3n) is 6.13. The highest BCUT2D eigenvalue weighted by Gasteiger charge is 2.16. The molecule has 5 aromatic rings. The van der Waals surface area contributed by atoms with E-state index in [0.29, 0.717) is 33.5 Å². The van der Waals surface area contributed by atoms with Crippen LogP contribution in [0.25, 0.3) is 33.3 Å². The summed E-state index contributed by atoms with van der Waals surface area (Å²) in [6.45, 7) is 2.87. The smallest absolute Gasteiger partial charge is 0.148 e. The van der Waals surface area contributed by atoms with Gasteiger partial charge in [-0.05, 0) is 61.5 Å². The van der Waals surface area contributed by atoms with E-state index in [1.165, 1.54) is 24.3 Å². The number of ether oxygens (including phenoxy) is 1. The first-order valence-electron chi connectivity index (χ1n) is 11.3. The summed E-state index contributed by atoms with van der Waals surface area (Å²) in [5.74, 6) is 5.24. The Morgan fingerprint density at radius 2 is 1.97 bits per heavy atom. The average Bonchev–Trinajstić information content (AvgIpc) is 3.47. The van der Waals surface area contributed by atoms with Crippen LogP contribution < -0.4 is 4.74 Å². The van der Waals surface area contributed by atoms with E-state index < -0.39 is 0 Å². The van der Waals surface area contributed by atoms with E-state index in [9.17, 15) is 0 Å². The van der Waals surface area contributed by atoms with Crippen molar-refractivity contribution >= 4 is 45.4 Å². The Morgan fingerprint density at radius 1 is 1.12 bits per heavy atom. The summed E-state index contributed by atoms with van der Waals surface area (Å²) in [5.41, 5.74) is 4.80. The molecule has 0 amide bonds. The van der Waals surface area contributed by atoms with Crippen molar-refractivity contribution in [3.63, 3.8) is 0 Å². The number of nitrogens with one attached hydrogen (secondary N) is 1. The van der Waals surface area contributed by atoms with Crippen LogP contribution in [0.3, 0.4) is 0 Å². The third kappa shape index (κ3) is 4.23. The van der Waals surface area contributed by atoms with E-state index in [0.717, 1.165) is 34.7 Å². The molecule has 7 nitrogen and oxygen atoms in total. The van der Waals surface area contributed by atoms with Gasteiger partial charge in [0.05, 0.1) is 34.6 Å². The second kappa shape index (κ2) is 8.92. The molecule has 9 heteroatoms. The van der Waals surface area contributed by atoms with Gasteiger partial charge in [-0.15, -0.1) is 0 Å². The molecule has 0 radical (unpaired) electrons. The molecule has 1 aliphatic rings. The highest BCUT2D eigenvalue weighted by atomic mass is 35.5. The number of hydrogen-bond donors (Lipinski definition) is 1. The number of aromatic nitrogens is 6. The number of thioether (sulfide) groups is 1. The highest BCUT2D eigenvalue weighted by molar-refractivity contribution is 7.99. The van der Waals surface area contributed by atoms with Crippen molar-refractivity contribution in [1.82, 2.24) is 29.7 Å². The Balaban J connectivity index is 1.28. The fraction of sp³-hybridized carbons (Fsp3) is 0.280. The normalized spacial score (nSPS) is 14.8. The molecule has 0 atom stereocenters. The zero-order valence-electron chi connectivity index (χ0n) is 18.7. The Hall–Kier alpha value is -3.10. The summed E-state index contributed by atoms with van der Waals surface area (Å²) < 4.78 is 8.13. The second-order valence-electron chi connectivity index (χ2n) is 8.61. The van der Waals surface area contributed by atoms with Gasteiger partial charge in [0.1, 0.15) is 27.9 Å². The van der Waals surface area contributed by atoms with E-state index in [2.05, 4.69) is 20.1 Å². The molecule has 34 heavy (non-hydrogen) atoms. The molecule has 0 saturated carbocycles. The summed E-state index contributed by atoms with van der Waals surface area (Å²) in [5, 5.41) is 5.00. The molecule has 1 aliphatic heterocycles. The van der Waals surface area contributed by atoms with Crippen LogP contribution in [-0.4, -0.2) is 41.2 Å². The molecule has 0 spiro atoms. The molecule has 6 rings (SSSR count). The number of fused-ring (bicyclic) bond motifs is 2. The first-order valence-corrected chi connectivity index (χ1v) is 12.9. The predicted octanol–water partition coefficient (Wildman–Crippen LogP) is 6.27. The van der Waals surface area contributed by atoms with Gasteiger partial charge in [-0.3, -0.25) is 9.67 Å². The fourth-order valence-electron chi connectivity index (χ4n) is 4.34. The zero-order chi connectivity index (χ0) is 23.1. The van der Waals surface area contributed by atoms with Crippen molar-refractivity contribution in [3.8, 4) is 22.8 Å². The van der Waals surface area contributed by atoms with Gasteiger partial charge in [0, 0.05) is 24.4 Å². The van der Waals surface area contributed by atoms with Gasteiger partial charge in [0.2, 0.25) is 0 Å². The van der Waals surface area contributed by atoms with Crippen LogP contribution in [0.15, 0.2) is 48.9 Å². The van der Waals surface area contributed by atoms with Crippen LogP contribution >= 0.6 is 23.4 Å². The van der Waals surface area contributed by atoms with Crippen LogP contribution in [0, 0.1) is 12.8 Å². The van der Waals surface area contributed by atoms with Crippen molar-refractivity contribution in [1.29, 1.82) is 0 Å². The minimum atomic E-state index is 0.430. The van der Waals surface area contributed by atoms with Crippen molar-refractivity contribution in [3.05, 3.63) is 59.8 Å². The number of halogens is 1. The van der Waals surface area contributed by atoms with Crippen molar-refractivity contribution in [2.45, 2.75) is 26.3 Å². The summed E-state index contributed by atoms with van der Waals surface area (Å²) in [6, 6.07) is 9.41. The number of H-pyrrole nitrogens is 1. The van der Waals surface area contributed by atoms with Gasteiger partial charge in [0.25, 0.3) is 0 Å². The summed E-state index contributed by atoms with van der Waals surface area (Å²) in [6.07, 6.45) is 8.17. The number of hydrogen-bond acceptors (Lipinski definition) is 6. The third-order valence-corrected chi connectivity index (χ3v) is 7.55. The molecule has 1 N–H and O–H groups in total. The molecule has 0 aliphatic carbocycles. The molecule has 2 aromatic carbocycles. The largest absolute Gasteiger partial charge is 0.456 e. The Labute approximate surface area is 205 Å². The van der Waals surface area contributed by atoms with E-state index in [1.807, 2.05) is 66.1 Å². The second-order valence-corrected chi connectivity index (χ2v) is 10.2. The molecule has 1 saturated heterocycles. The number of imidazole rings is 1. The van der Waals surface area contributed by atoms with Crippen LogP contribution in [-0.2, 0) is 6.54 Å². The number of rotatable bonds is 5. The summed E-state index contributed by atoms with van der Waals surface area (Å²) in [4.78, 5) is 17.0. The number of aromatic amines is 1. The Kier molecular flexibility index (Phi) is 5.63. The van der Waals surface area contributed by atoms with E-state index in [1.54, 1.807) is 6.20 Å². The lowest BCUT2D eigenvalue weighted by molar-refractivity contribution is 0.394. The van der Waals surface area contributed by atoms with Crippen molar-refractivity contribution in [2.75, 3.05) is 11.5 Å². The maximum Gasteiger partial charge on any atom is 0.148 e. The fourth-order valence-corrected chi connectivity index (χ4v) is 5.79. The zero-order valence-corrected chi connectivity index (χ0v) is 20.2. The maximum absolute atomic E-state index is 6.74. The first-order chi connectivity index (χ1) is 16.6. The molecule has 0 unspecified atom stereocenters. The molecular formula is C25H23ClN6OS. The minimum absolute atomic E-state index is 0.430. The van der Waals surface area contributed by atoms with Crippen molar-refractivity contribution < 1.29 is 4.74 Å². The maximum atomic E-state index is 6.74. The molecule has 4 heterocycles. The minimum Gasteiger partial charge on any atom is -0.456 e. The van der Waals surface area contributed by atoms with Gasteiger partial charge >= 0.3 is 0 Å². The quantitative estimate of drug-likeness (QED) is 0.313. The van der Waals surface area contributed by atoms with Crippen molar-refractivity contribution in [2.24, 2.45) is 5.92 Å². The van der Waals surface area contributed by atoms with E-state index in [-0.39, 0.29) is 0 Å². The number of aryl methyl sites for hydroxylation is 1. The van der Waals surface area contributed by atoms with Crippen LogP contribution in [0.1, 0.15) is 18.7 Å². The van der Waals surface area contributed by atoms with Gasteiger partial charge in [0.15, 0.2) is 0 Å². The average molecular weight is 491 g/mol. The lowest BCUT2D eigenvalue weighted by atomic mass is 10.0. The SMILES string of the molecule is Cc1nc2ccc(Oc3ccc4ncc(-c5cnn(CC6CCSCC6)c5)nc4c3Cl)cc2[nH]1. The summed E-state index contributed by atoms with van der Waals surface area (Å²) in [7, 11) is 0. The molecular weight excluding hydrogens is 468 g/mol. The van der Waals surface area contributed by atoms with Crippen LogP contribution in [0.5, 0.6) is 11.5 Å². The lowest BCUT2D eigenvalue weighted by Crippen LogP contribution is -2.16.